The van der Waals surface area contributed by atoms with Gasteiger partial charge in [0.15, 0.2) is 6.10 Å². The molecule has 1 unspecified atom stereocenters. The molecule has 0 spiro atoms. The number of hydrogen-bond donors (Lipinski definition) is 0. The monoisotopic (exact) mass is 394 g/mol. The summed E-state index contributed by atoms with van der Waals surface area (Å²) in [6.07, 6.45) is 0.830. The molecule has 6 heteroatoms. The fraction of sp³-hybridized carbons (Fsp3) is 0.136. The van der Waals surface area contributed by atoms with Gasteiger partial charge in [-0.25, -0.2) is 9.78 Å². The first-order valence-electron chi connectivity index (χ1n) is 8.87. The van der Waals surface area contributed by atoms with E-state index in [9.17, 15) is 9.59 Å². The van der Waals surface area contributed by atoms with Gasteiger partial charge in [-0.15, -0.1) is 0 Å². The highest BCUT2D eigenvalue weighted by Crippen LogP contribution is 2.27. The molecule has 28 heavy (non-hydrogen) atoms. The van der Waals surface area contributed by atoms with E-state index in [1.807, 2.05) is 60.7 Å². The average Bonchev–Trinajstić information content (AvgIpc) is 2.74. The molecule has 1 aromatic heterocycles. The van der Waals surface area contributed by atoms with E-state index in [1.54, 1.807) is 17.9 Å². The van der Waals surface area contributed by atoms with Crippen molar-refractivity contribution >= 4 is 34.9 Å². The Hall–Kier alpha value is -3.18. The summed E-state index contributed by atoms with van der Waals surface area (Å²) in [5.41, 5.74) is 1.50. The van der Waals surface area contributed by atoms with Crippen LogP contribution in [-0.4, -0.2) is 23.0 Å². The highest BCUT2D eigenvalue weighted by molar-refractivity contribution is 6.32. The van der Waals surface area contributed by atoms with Crippen LogP contribution in [0.1, 0.15) is 23.7 Å². The summed E-state index contributed by atoms with van der Waals surface area (Å²) < 4.78 is 5.50. The van der Waals surface area contributed by atoms with Crippen LogP contribution in [0.15, 0.2) is 79.0 Å². The van der Waals surface area contributed by atoms with Gasteiger partial charge in [0.2, 0.25) is 0 Å². The number of halogens is 1. The van der Waals surface area contributed by atoms with E-state index >= 15 is 0 Å². The number of esters is 1. The molecule has 0 bridgehead atoms. The number of carbonyl (C=O) groups excluding carboxylic acids is 2. The number of benzene rings is 2. The predicted molar refractivity (Wildman–Crippen MR) is 109 cm³/mol. The summed E-state index contributed by atoms with van der Waals surface area (Å²) in [5, 5.41) is 0.0396. The third-order valence-corrected chi connectivity index (χ3v) is 4.42. The van der Waals surface area contributed by atoms with Gasteiger partial charge in [-0.1, -0.05) is 54.9 Å². The second-order valence-electron chi connectivity index (χ2n) is 5.99. The zero-order valence-electron chi connectivity index (χ0n) is 15.3. The zero-order chi connectivity index (χ0) is 19.9. The molecular weight excluding hydrogens is 376 g/mol. The third-order valence-electron chi connectivity index (χ3n) is 4.12. The Bertz CT molecular complexity index is 909. The lowest BCUT2D eigenvalue weighted by molar-refractivity contribution is -0.126. The summed E-state index contributed by atoms with van der Waals surface area (Å²) in [5.74, 6) is -1.02. The van der Waals surface area contributed by atoms with Gasteiger partial charge >= 0.3 is 5.97 Å². The molecule has 1 heterocycles. The number of carbonyl (C=O) groups is 2. The average molecular weight is 395 g/mol. The molecule has 0 saturated carbocycles. The molecule has 1 amide bonds. The normalized spacial score (nSPS) is 11.5. The van der Waals surface area contributed by atoms with Crippen molar-refractivity contribution in [3.05, 3.63) is 89.7 Å². The second-order valence-corrected chi connectivity index (χ2v) is 6.35. The number of aromatic nitrogens is 1. The molecule has 0 aliphatic carbocycles. The third kappa shape index (κ3) is 4.38. The van der Waals surface area contributed by atoms with Crippen LogP contribution in [0.3, 0.4) is 0 Å². The van der Waals surface area contributed by atoms with Crippen LogP contribution in [0.2, 0.25) is 5.15 Å². The number of nitrogens with zero attached hydrogens (tertiary/aromatic N) is 2. The van der Waals surface area contributed by atoms with Crippen LogP contribution in [0, 0.1) is 0 Å². The van der Waals surface area contributed by atoms with Crippen molar-refractivity contribution in [2.45, 2.75) is 19.4 Å². The number of ether oxygens (including phenoxy) is 1. The van der Waals surface area contributed by atoms with Gasteiger partial charge in [0, 0.05) is 17.6 Å². The Morgan fingerprint density at radius 3 is 2.04 bits per heavy atom. The summed E-state index contributed by atoms with van der Waals surface area (Å²) in [6, 6.07) is 21.6. The van der Waals surface area contributed by atoms with Gasteiger partial charge < -0.3 is 4.74 Å². The maximum atomic E-state index is 13.3. The second kappa shape index (κ2) is 9.15. The number of para-hydroxylation sites is 2. The first-order valence-corrected chi connectivity index (χ1v) is 9.25. The highest BCUT2D eigenvalue weighted by Gasteiger charge is 2.29. The largest absolute Gasteiger partial charge is 0.449 e. The molecule has 142 valence electrons. The summed E-state index contributed by atoms with van der Waals surface area (Å²) in [6.45, 7) is 1.79. The first-order chi connectivity index (χ1) is 13.6. The van der Waals surface area contributed by atoms with Crippen LogP contribution in [-0.2, 0) is 9.53 Å². The van der Waals surface area contributed by atoms with Crippen LogP contribution >= 0.6 is 11.6 Å². The Morgan fingerprint density at radius 2 is 1.54 bits per heavy atom. The van der Waals surface area contributed by atoms with Crippen LogP contribution in [0.25, 0.3) is 0 Å². The molecular formula is C22H19ClN2O3. The number of rotatable bonds is 6. The lowest BCUT2D eigenvalue weighted by Crippen LogP contribution is -2.38. The van der Waals surface area contributed by atoms with E-state index in [0.29, 0.717) is 17.8 Å². The molecule has 5 nitrogen and oxygen atoms in total. The van der Waals surface area contributed by atoms with E-state index in [2.05, 4.69) is 4.98 Å². The number of pyridine rings is 1. The molecule has 2 aromatic carbocycles. The van der Waals surface area contributed by atoms with Gasteiger partial charge in [-0.2, -0.15) is 0 Å². The standard InChI is InChI=1S/C22H19ClN2O3/c1-2-19(28-22(27)18-14-9-15-24-20(18)23)21(26)25(16-10-5-3-6-11-16)17-12-7-4-8-13-17/h3-15,19H,2H2,1H3. The van der Waals surface area contributed by atoms with E-state index in [-0.39, 0.29) is 16.6 Å². The van der Waals surface area contributed by atoms with Gasteiger partial charge in [-0.3, -0.25) is 9.69 Å². The Kier molecular flexibility index (Phi) is 6.40. The van der Waals surface area contributed by atoms with Crippen molar-refractivity contribution in [2.75, 3.05) is 4.90 Å². The first kappa shape index (κ1) is 19.6. The van der Waals surface area contributed by atoms with Crippen molar-refractivity contribution in [3.63, 3.8) is 0 Å². The van der Waals surface area contributed by atoms with Crippen molar-refractivity contribution in [3.8, 4) is 0 Å². The minimum Gasteiger partial charge on any atom is -0.449 e. The van der Waals surface area contributed by atoms with Crippen molar-refractivity contribution < 1.29 is 14.3 Å². The Labute approximate surface area is 168 Å². The molecule has 3 aromatic rings. The lowest BCUT2D eigenvalue weighted by Gasteiger charge is -2.27. The number of amides is 1. The molecule has 1 atom stereocenters. The van der Waals surface area contributed by atoms with Crippen molar-refractivity contribution in [1.82, 2.24) is 4.98 Å². The lowest BCUT2D eigenvalue weighted by atomic mass is 10.1. The zero-order valence-corrected chi connectivity index (χ0v) is 16.0. The van der Waals surface area contributed by atoms with Crippen LogP contribution in [0.5, 0.6) is 0 Å². The van der Waals surface area contributed by atoms with E-state index in [0.717, 1.165) is 0 Å². The molecule has 0 saturated heterocycles. The number of anilines is 2. The van der Waals surface area contributed by atoms with Crippen molar-refractivity contribution in [2.24, 2.45) is 0 Å². The fourth-order valence-corrected chi connectivity index (χ4v) is 2.94. The van der Waals surface area contributed by atoms with Crippen LogP contribution in [0.4, 0.5) is 11.4 Å². The van der Waals surface area contributed by atoms with Gasteiger partial charge in [-0.05, 0) is 42.8 Å². The molecule has 0 aliphatic heterocycles. The number of hydrogen-bond acceptors (Lipinski definition) is 4. The van der Waals surface area contributed by atoms with E-state index < -0.39 is 12.1 Å². The smallest absolute Gasteiger partial charge is 0.342 e. The quantitative estimate of drug-likeness (QED) is 0.434. The van der Waals surface area contributed by atoms with E-state index in [4.69, 9.17) is 16.3 Å². The molecule has 0 fully saturated rings. The van der Waals surface area contributed by atoms with E-state index in [1.165, 1.54) is 12.3 Å². The van der Waals surface area contributed by atoms with Crippen LogP contribution < -0.4 is 4.90 Å². The SMILES string of the molecule is CCC(OC(=O)c1cccnc1Cl)C(=O)N(c1ccccc1)c1ccccc1. The van der Waals surface area contributed by atoms with Gasteiger partial charge in [0.05, 0.1) is 5.56 Å². The summed E-state index contributed by atoms with van der Waals surface area (Å²) in [4.78, 5) is 31.3. The predicted octanol–water partition coefficient (Wildman–Crippen LogP) is 5.04. The minimum absolute atomic E-state index is 0.0396. The summed E-state index contributed by atoms with van der Waals surface area (Å²) in [7, 11) is 0. The molecule has 0 N–H and O–H groups in total. The minimum atomic E-state index is -0.968. The highest BCUT2D eigenvalue weighted by atomic mass is 35.5. The van der Waals surface area contributed by atoms with Crippen molar-refractivity contribution in [1.29, 1.82) is 0 Å². The Morgan fingerprint density at radius 1 is 0.964 bits per heavy atom. The molecule has 0 radical (unpaired) electrons. The molecule has 0 aliphatic rings. The van der Waals surface area contributed by atoms with Gasteiger partial charge in [0.1, 0.15) is 5.15 Å². The molecule has 3 rings (SSSR count). The summed E-state index contributed by atoms with van der Waals surface area (Å²) >= 11 is 5.97. The maximum Gasteiger partial charge on any atom is 0.342 e. The topological polar surface area (TPSA) is 59.5 Å². The van der Waals surface area contributed by atoms with Gasteiger partial charge in [0.25, 0.3) is 5.91 Å². The fourth-order valence-electron chi connectivity index (χ4n) is 2.74. The maximum absolute atomic E-state index is 13.3. The Balaban J connectivity index is 1.90.